The molecule has 1 aliphatic heterocycles. The van der Waals surface area contributed by atoms with Crippen molar-refractivity contribution in [3.8, 4) is 0 Å². The molecule has 4 N–H and O–H groups in total. The third-order valence-electron chi connectivity index (χ3n) is 4.02. The van der Waals surface area contributed by atoms with Crippen LogP contribution in [0.4, 0.5) is 4.39 Å². The lowest BCUT2D eigenvalue weighted by molar-refractivity contribution is -0.222. The van der Waals surface area contributed by atoms with Crippen molar-refractivity contribution < 1.29 is 24.4 Å². The molecular weight excluding hydrogens is 296 g/mol. The Balaban J connectivity index is 2.57. The molecule has 0 bridgehead atoms. The first kappa shape index (κ1) is 17.0. The Bertz CT molecular complexity index is 703. The fraction of sp³-hybridized carbons (Fsp3) is 0.600. The number of alkyl halides is 1. The zero-order valence-electron chi connectivity index (χ0n) is 12.5. The summed E-state index contributed by atoms with van der Waals surface area (Å²) in [5.41, 5.74) is -3.70. The van der Waals surface area contributed by atoms with Gasteiger partial charge in [0.1, 0.15) is 21.3 Å². The summed E-state index contributed by atoms with van der Waals surface area (Å²) in [6.07, 6.45) is -1.02. The number of aliphatic hydroxyl groups is 3. The molecule has 0 aromatic carbocycles. The Morgan fingerprint density at radius 1 is 1.55 bits per heavy atom. The molecule has 0 saturated carbocycles. The van der Waals surface area contributed by atoms with Gasteiger partial charge in [-0.3, -0.25) is 14.3 Å². The molecule has 1 aromatic heterocycles. The highest BCUT2D eigenvalue weighted by Gasteiger charge is 2.60. The molecule has 1 fully saturated rings. The molecule has 1 saturated heterocycles. The molecule has 8 nitrogen and oxygen atoms in total. The predicted octanol–water partition coefficient (Wildman–Crippen LogP) is -5.37. The molecular formula is C10H16B3FN2O6. The van der Waals surface area contributed by atoms with Gasteiger partial charge >= 0.3 is 5.69 Å². The molecule has 0 aliphatic carbocycles. The van der Waals surface area contributed by atoms with E-state index in [2.05, 4.69) is 0 Å². The minimum absolute atomic E-state index is 0.142. The fourth-order valence-electron chi connectivity index (χ4n) is 2.41. The van der Waals surface area contributed by atoms with Crippen LogP contribution in [0.15, 0.2) is 15.8 Å². The molecule has 2 rings (SSSR count). The first-order chi connectivity index (χ1) is 9.94. The second kappa shape index (κ2) is 5.09. The van der Waals surface area contributed by atoms with E-state index >= 15 is 0 Å². The number of ether oxygens (including phenoxy) is 1. The lowest BCUT2D eigenvalue weighted by Gasteiger charge is -2.36. The van der Waals surface area contributed by atoms with Gasteiger partial charge in [0, 0.05) is 12.6 Å². The van der Waals surface area contributed by atoms with Gasteiger partial charge in [-0.2, -0.15) is 0 Å². The number of aromatic nitrogens is 2. The van der Waals surface area contributed by atoms with Crippen LogP contribution in [0.2, 0.25) is 0 Å². The Morgan fingerprint density at radius 3 is 2.59 bits per heavy atom. The molecule has 0 unspecified atom stereocenters. The molecule has 1 aromatic rings. The number of aromatic amines is 1. The smallest absolute Gasteiger partial charge is 0.330 e. The normalized spacial score (nSPS) is 32.3. The summed E-state index contributed by atoms with van der Waals surface area (Å²) in [6.45, 7) is -0.645. The third kappa shape index (κ3) is 2.45. The van der Waals surface area contributed by atoms with Gasteiger partial charge in [0.25, 0.3) is 5.56 Å². The van der Waals surface area contributed by atoms with E-state index in [-0.39, 0.29) is 5.56 Å². The summed E-state index contributed by atoms with van der Waals surface area (Å²) in [7, 11) is 3.62. The van der Waals surface area contributed by atoms with Gasteiger partial charge in [0.05, 0.1) is 23.7 Å². The summed E-state index contributed by atoms with van der Waals surface area (Å²) in [6, 6.07) is 0. The zero-order chi connectivity index (χ0) is 16.9. The molecule has 0 radical (unpaired) electrons. The van der Waals surface area contributed by atoms with E-state index in [0.717, 1.165) is 10.8 Å². The van der Waals surface area contributed by atoms with Crippen LogP contribution >= 0.6 is 0 Å². The summed E-state index contributed by atoms with van der Waals surface area (Å²) in [4.78, 5) is 25.4. The molecule has 3 atom stereocenters. The van der Waals surface area contributed by atoms with Crippen LogP contribution in [0.5, 0.6) is 0 Å². The van der Waals surface area contributed by atoms with Gasteiger partial charge in [-0.25, -0.2) is 9.18 Å². The second-order valence-corrected chi connectivity index (χ2v) is 6.11. The molecule has 118 valence electrons. The van der Waals surface area contributed by atoms with Crippen molar-refractivity contribution in [1.82, 2.24) is 9.55 Å². The van der Waals surface area contributed by atoms with E-state index in [0.29, 0.717) is 0 Å². The molecule has 12 heteroatoms. The highest BCUT2D eigenvalue weighted by Crippen LogP contribution is 2.44. The van der Waals surface area contributed by atoms with Crippen molar-refractivity contribution in [1.29, 1.82) is 0 Å². The average Bonchev–Trinajstić information content (AvgIpc) is 2.61. The summed E-state index contributed by atoms with van der Waals surface area (Å²) >= 11 is 0. The van der Waals surface area contributed by atoms with E-state index in [1.54, 1.807) is 0 Å². The fourth-order valence-corrected chi connectivity index (χ4v) is 2.41. The molecule has 1 aliphatic rings. The quantitative estimate of drug-likeness (QED) is 0.413. The highest BCUT2D eigenvalue weighted by molar-refractivity contribution is 6.39. The van der Waals surface area contributed by atoms with E-state index in [4.69, 9.17) is 9.84 Å². The van der Waals surface area contributed by atoms with Gasteiger partial charge in [0.15, 0.2) is 7.85 Å². The third-order valence-corrected chi connectivity index (χ3v) is 4.02. The van der Waals surface area contributed by atoms with Crippen molar-refractivity contribution in [3.05, 3.63) is 32.6 Å². The average molecular weight is 312 g/mol. The maximum atomic E-state index is 14.8. The first-order valence-electron chi connectivity index (χ1n) is 6.70. The largest absolute Gasteiger partial charge is 0.402 e. The maximum Gasteiger partial charge on any atom is 0.330 e. The lowest BCUT2D eigenvalue weighted by Crippen LogP contribution is -2.55. The van der Waals surface area contributed by atoms with Crippen molar-refractivity contribution in [2.75, 3.05) is 0 Å². The van der Waals surface area contributed by atoms with Crippen LogP contribution in [0.25, 0.3) is 0 Å². The molecule has 0 amide bonds. The maximum absolute atomic E-state index is 14.8. The number of H-pyrrole nitrogens is 1. The van der Waals surface area contributed by atoms with Crippen LogP contribution in [0.3, 0.4) is 0 Å². The highest BCUT2D eigenvalue weighted by atomic mass is 19.2. The molecule has 2 heterocycles. The number of hydrogen-bond donors (Lipinski definition) is 4. The predicted molar refractivity (Wildman–Crippen MR) is 81.3 cm³/mol. The van der Waals surface area contributed by atoms with Crippen LogP contribution < -0.4 is 11.2 Å². The second-order valence-electron chi connectivity index (χ2n) is 6.11. The van der Waals surface area contributed by atoms with Gasteiger partial charge in [-0.15, -0.1) is 0 Å². The van der Waals surface area contributed by atoms with Gasteiger partial charge in [-0.1, -0.05) is 0 Å². The topological polar surface area (TPSA) is 125 Å². The molecule has 0 spiro atoms. The lowest BCUT2D eigenvalue weighted by atomic mass is 9.60. The number of hydrogen-bond acceptors (Lipinski definition) is 6. The van der Waals surface area contributed by atoms with Crippen molar-refractivity contribution >= 4 is 23.5 Å². The Labute approximate surface area is 127 Å². The summed E-state index contributed by atoms with van der Waals surface area (Å²) < 4.78 is 20.8. The van der Waals surface area contributed by atoms with Crippen molar-refractivity contribution in [2.45, 2.75) is 36.0 Å². The Kier molecular flexibility index (Phi) is 3.93. The Morgan fingerprint density at radius 2 is 2.14 bits per heavy atom. The standard InChI is InChI=1S/C10H16B3FN2O6/c11-9(5(18)1-8(14,22-9)10(12,13)21)16-2-4(3-17)6(19)15-7(16)20/h2,5,17-18,21H,1,3,11-13H2,(H,15,19,20)/t5-,8+,9+/m1/s1. The number of nitrogens with zero attached hydrogens (tertiary/aromatic N) is 1. The van der Waals surface area contributed by atoms with Gasteiger partial charge < -0.3 is 20.1 Å². The van der Waals surface area contributed by atoms with E-state index in [1.807, 2.05) is 4.98 Å². The van der Waals surface area contributed by atoms with Gasteiger partial charge in [-0.05, 0) is 0 Å². The van der Waals surface area contributed by atoms with E-state index in [1.165, 1.54) is 23.5 Å². The molecule has 22 heavy (non-hydrogen) atoms. The monoisotopic (exact) mass is 312 g/mol. The summed E-state index contributed by atoms with van der Waals surface area (Å²) in [5.74, 6) is -2.59. The van der Waals surface area contributed by atoms with E-state index < -0.39 is 47.3 Å². The summed E-state index contributed by atoms with van der Waals surface area (Å²) in [5, 5.41) is 27.2. The Hall–Kier alpha value is -1.36. The number of rotatable bonds is 3. The van der Waals surface area contributed by atoms with Crippen molar-refractivity contribution in [3.63, 3.8) is 0 Å². The first-order valence-corrected chi connectivity index (χ1v) is 6.70. The van der Waals surface area contributed by atoms with Crippen LogP contribution in [-0.4, -0.2) is 65.8 Å². The minimum Gasteiger partial charge on any atom is -0.402 e. The minimum atomic E-state index is -2.59. The number of halogens is 1. The van der Waals surface area contributed by atoms with Crippen molar-refractivity contribution in [2.24, 2.45) is 0 Å². The van der Waals surface area contributed by atoms with E-state index in [9.17, 15) is 24.2 Å². The van der Waals surface area contributed by atoms with Crippen LogP contribution in [0.1, 0.15) is 12.0 Å². The van der Waals surface area contributed by atoms with Crippen LogP contribution in [0, 0.1) is 0 Å². The van der Waals surface area contributed by atoms with Gasteiger partial charge in [0.2, 0.25) is 5.85 Å². The number of nitrogens with one attached hydrogen (secondary N) is 1. The SMILES string of the molecule is BC(B)(O)[C@]1(F)C[C@@H](O)[C@](B)(n2cc(CO)c(=O)[nH]c2=O)O1. The zero-order valence-corrected chi connectivity index (χ0v) is 12.5. The number of aliphatic hydroxyl groups excluding tert-OH is 2. The van der Waals surface area contributed by atoms with Crippen LogP contribution in [-0.2, 0) is 17.0 Å².